The molecule has 1 aromatic carbocycles. The van der Waals surface area contributed by atoms with Gasteiger partial charge in [0.1, 0.15) is 17.3 Å². The number of hydrogen-bond donors (Lipinski definition) is 2. The van der Waals surface area contributed by atoms with Crippen LogP contribution in [0.5, 0.6) is 0 Å². The van der Waals surface area contributed by atoms with Gasteiger partial charge in [-0.05, 0) is 61.4 Å². The van der Waals surface area contributed by atoms with E-state index in [2.05, 4.69) is 83.5 Å². The molecule has 0 saturated carbocycles. The van der Waals surface area contributed by atoms with Crippen LogP contribution in [0, 0.1) is 12.8 Å². The number of benzene rings is 1. The van der Waals surface area contributed by atoms with Crippen molar-refractivity contribution in [3.63, 3.8) is 0 Å². The third-order valence-electron chi connectivity index (χ3n) is 6.17. The lowest BCUT2D eigenvalue weighted by molar-refractivity contribution is 0.231. The van der Waals surface area contributed by atoms with Crippen molar-refractivity contribution in [3.8, 4) is 11.5 Å². The Labute approximate surface area is 218 Å². The lowest BCUT2D eigenvalue weighted by Gasteiger charge is -2.36. The molecule has 0 atom stereocenters. The molecule has 2 N–H and O–H groups in total. The second kappa shape index (κ2) is 11.3. The minimum absolute atomic E-state index is 0.509. The summed E-state index contributed by atoms with van der Waals surface area (Å²) in [5.74, 6) is 3.05. The monoisotopic (exact) mass is 495 g/mol. The third kappa shape index (κ3) is 6.56. The summed E-state index contributed by atoms with van der Waals surface area (Å²) in [6, 6.07) is 17.9. The molecule has 0 bridgehead atoms. The second-order valence-corrected chi connectivity index (χ2v) is 9.67. The lowest BCUT2D eigenvalue weighted by atomic mass is 10.2. The highest BCUT2D eigenvalue weighted by Crippen LogP contribution is 2.22. The van der Waals surface area contributed by atoms with Crippen LogP contribution in [0.3, 0.4) is 0 Å². The van der Waals surface area contributed by atoms with Crippen LogP contribution in [0.2, 0.25) is 0 Å². The molecule has 9 heteroatoms. The van der Waals surface area contributed by atoms with Crippen molar-refractivity contribution in [2.45, 2.75) is 20.8 Å². The molecule has 1 saturated heterocycles. The summed E-state index contributed by atoms with van der Waals surface area (Å²) in [5.41, 5.74) is 3.83. The Balaban J connectivity index is 1.21. The van der Waals surface area contributed by atoms with E-state index < -0.39 is 0 Å². The van der Waals surface area contributed by atoms with Gasteiger partial charge in [0.25, 0.3) is 0 Å². The smallest absolute Gasteiger partial charge is 0.229 e. The zero-order valence-electron chi connectivity index (χ0n) is 21.6. The van der Waals surface area contributed by atoms with Gasteiger partial charge < -0.3 is 15.5 Å². The fraction of sp³-hybridized carbons (Fsp3) is 0.321. The minimum atomic E-state index is 0.509. The summed E-state index contributed by atoms with van der Waals surface area (Å²) in [6.45, 7) is 12.0. The summed E-state index contributed by atoms with van der Waals surface area (Å²) < 4.78 is 0. The van der Waals surface area contributed by atoms with E-state index >= 15 is 0 Å². The molecule has 0 aliphatic carbocycles. The van der Waals surface area contributed by atoms with E-state index in [-0.39, 0.29) is 0 Å². The zero-order chi connectivity index (χ0) is 25.6. The Morgan fingerprint density at radius 1 is 0.784 bits per heavy atom. The summed E-state index contributed by atoms with van der Waals surface area (Å²) >= 11 is 0. The van der Waals surface area contributed by atoms with Gasteiger partial charge in [-0.15, -0.1) is 0 Å². The summed E-state index contributed by atoms with van der Waals surface area (Å²) in [4.78, 5) is 27.4. The Morgan fingerprint density at radius 3 is 2.24 bits per heavy atom. The number of aryl methyl sites for hydroxylation is 1. The molecule has 0 radical (unpaired) electrons. The van der Waals surface area contributed by atoms with Gasteiger partial charge in [-0.1, -0.05) is 19.9 Å². The predicted octanol–water partition coefficient (Wildman–Crippen LogP) is 4.90. The number of hydrogen-bond acceptors (Lipinski definition) is 9. The van der Waals surface area contributed by atoms with E-state index in [1.165, 1.54) is 12.2 Å². The highest BCUT2D eigenvalue weighted by atomic mass is 15.3. The summed E-state index contributed by atoms with van der Waals surface area (Å²) in [7, 11) is 0. The maximum absolute atomic E-state index is 4.60. The molecule has 1 fully saturated rings. The molecular formula is C28H33N9. The largest absolute Gasteiger partial charge is 0.369 e. The van der Waals surface area contributed by atoms with Gasteiger partial charge in [0.05, 0.1) is 0 Å². The Kier molecular flexibility index (Phi) is 7.51. The summed E-state index contributed by atoms with van der Waals surface area (Å²) in [5, 5.41) is 6.54. The van der Waals surface area contributed by atoms with E-state index in [9.17, 15) is 0 Å². The molecule has 1 aliphatic heterocycles. The molecule has 0 amide bonds. The highest BCUT2D eigenvalue weighted by molar-refractivity contribution is 5.61. The summed E-state index contributed by atoms with van der Waals surface area (Å²) in [6.07, 6.45) is 3.42. The van der Waals surface area contributed by atoms with Crippen LogP contribution < -0.4 is 15.5 Å². The van der Waals surface area contributed by atoms with Crippen LogP contribution >= 0.6 is 0 Å². The molecule has 4 heterocycles. The second-order valence-electron chi connectivity index (χ2n) is 9.67. The van der Waals surface area contributed by atoms with Crippen LogP contribution in [0.4, 0.5) is 29.0 Å². The number of pyridine rings is 1. The maximum Gasteiger partial charge on any atom is 0.229 e. The number of piperazine rings is 1. The van der Waals surface area contributed by atoms with Crippen molar-refractivity contribution >= 4 is 29.0 Å². The van der Waals surface area contributed by atoms with E-state index in [4.69, 9.17) is 0 Å². The maximum atomic E-state index is 4.60. The number of nitrogens with one attached hydrogen (secondary N) is 2. The molecule has 190 valence electrons. The first kappa shape index (κ1) is 24.6. The molecule has 37 heavy (non-hydrogen) atoms. The fourth-order valence-electron chi connectivity index (χ4n) is 4.43. The topological polar surface area (TPSA) is 95.0 Å². The van der Waals surface area contributed by atoms with Gasteiger partial charge in [-0.2, -0.15) is 4.98 Å². The van der Waals surface area contributed by atoms with Crippen molar-refractivity contribution in [1.29, 1.82) is 0 Å². The molecule has 3 aromatic heterocycles. The van der Waals surface area contributed by atoms with E-state index in [1.807, 2.05) is 25.1 Å². The number of nitrogens with zero attached hydrogens (tertiary/aromatic N) is 7. The number of aromatic nitrogens is 5. The van der Waals surface area contributed by atoms with E-state index in [0.29, 0.717) is 29.3 Å². The SMILES string of the molecule is Cc1cccc(-c2nccc(Nc3ccnc(Nc4ccc(N5CCN(CC(C)C)CC5)cc4)n3)n2)n1. The normalized spacial score (nSPS) is 14.1. The molecule has 0 spiro atoms. The molecule has 9 nitrogen and oxygen atoms in total. The Bertz CT molecular complexity index is 1320. The number of rotatable bonds is 8. The number of anilines is 5. The van der Waals surface area contributed by atoms with Crippen molar-refractivity contribution in [2.75, 3.05) is 48.3 Å². The van der Waals surface area contributed by atoms with Gasteiger partial charge in [0.15, 0.2) is 5.82 Å². The van der Waals surface area contributed by atoms with Crippen molar-refractivity contribution in [1.82, 2.24) is 29.8 Å². The first-order valence-electron chi connectivity index (χ1n) is 12.7. The van der Waals surface area contributed by atoms with Crippen LogP contribution in [-0.2, 0) is 0 Å². The van der Waals surface area contributed by atoms with E-state index in [0.717, 1.165) is 43.3 Å². The third-order valence-corrected chi connectivity index (χ3v) is 6.17. The molecule has 4 aromatic rings. The van der Waals surface area contributed by atoms with Crippen LogP contribution in [0.25, 0.3) is 11.5 Å². The standard InChI is InChI=1S/C28H33N9/c1-20(2)19-36-15-17-37(18-16-36)23-9-7-22(8-10-23)32-28-30-14-12-26(35-28)33-25-11-13-29-27(34-25)24-6-4-5-21(3)31-24/h4-14,20H,15-19H2,1-3H3,(H2,29,30,32,33,34,35). The predicted molar refractivity (Wildman–Crippen MR) is 149 cm³/mol. The van der Waals surface area contributed by atoms with Gasteiger partial charge in [0, 0.05) is 62.2 Å². The lowest BCUT2D eigenvalue weighted by Crippen LogP contribution is -2.47. The Hall–Kier alpha value is -4.11. The quantitative estimate of drug-likeness (QED) is 0.354. The zero-order valence-corrected chi connectivity index (χ0v) is 21.6. The van der Waals surface area contributed by atoms with Crippen LogP contribution in [0.15, 0.2) is 67.0 Å². The van der Waals surface area contributed by atoms with Crippen molar-refractivity contribution in [2.24, 2.45) is 5.92 Å². The fourth-order valence-corrected chi connectivity index (χ4v) is 4.43. The van der Waals surface area contributed by atoms with Crippen molar-refractivity contribution in [3.05, 3.63) is 72.7 Å². The average molecular weight is 496 g/mol. The van der Waals surface area contributed by atoms with Crippen LogP contribution in [0.1, 0.15) is 19.5 Å². The van der Waals surface area contributed by atoms with E-state index in [1.54, 1.807) is 24.5 Å². The van der Waals surface area contributed by atoms with Crippen LogP contribution in [-0.4, -0.2) is 62.5 Å². The average Bonchev–Trinajstić information content (AvgIpc) is 2.90. The minimum Gasteiger partial charge on any atom is -0.369 e. The van der Waals surface area contributed by atoms with Crippen molar-refractivity contribution < 1.29 is 0 Å². The molecule has 0 unspecified atom stereocenters. The Morgan fingerprint density at radius 2 is 1.51 bits per heavy atom. The van der Waals surface area contributed by atoms with Gasteiger partial charge >= 0.3 is 0 Å². The molecule has 1 aliphatic rings. The first-order valence-corrected chi connectivity index (χ1v) is 12.7. The molecule has 5 rings (SSSR count). The molecular weight excluding hydrogens is 462 g/mol. The van der Waals surface area contributed by atoms with Gasteiger partial charge in [0.2, 0.25) is 5.95 Å². The first-order chi connectivity index (χ1) is 18.0. The highest BCUT2D eigenvalue weighted by Gasteiger charge is 2.17. The van der Waals surface area contributed by atoms with Gasteiger partial charge in [-0.25, -0.2) is 19.9 Å². The van der Waals surface area contributed by atoms with Gasteiger partial charge in [-0.3, -0.25) is 4.90 Å².